The van der Waals surface area contributed by atoms with Gasteiger partial charge in [-0.05, 0) is 24.7 Å². The second kappa shape index (κ2) is 8.00. The summed E-state index contributed by atoms with van der Waals surface area (Å²) < 4.78 is 0. The highest BCUT2D eigenvalue weighted by molar-refractivity contribution is 5.79. The fourth-order valence-corrected chi connectivity index (χ4v) is 2.57. The van der Waals surface area contributed by atoms with Crippen molar-refractivity contribution in [1.29, 1.82) is 0 Å². The largest absolute Gasteiger partial charge is 0.356 e. The standard InChI is InChI=1S/C14H25N3/c1-4-9-16-14(15-3)17-10-8-13-7-5-6-12(2)11-13/h1,12-13H,5-11H2,2-3H3,(H2,15,16,17). The molecule has 0 aromatic heterocycles. The summed E-state index contributed by atoms with van der Waals surface area (Å²) in [6, 6.07) is 0. The van der Waals surface area contributed by atoms with Gasteiger partial charge >= 0.3 is 0 Å². The Kier molecular flexibility index (Phi) is 6.54. The second-order valence-corrected chi connectivity index (χ2v) is 4.98. The first-order chi connectivity index (χ1) is 8.26. The molecular formula is C14H25N3. The van der Waals surface area contributed by atoms with Crippen LogP contribution in [0.2, 0.25) is 0 Å². The van der Waals surface area contributed by atoms with E-state index in [1.54, 1.807) is 7.05 Å². The lowest BCUT2D eigenvalue weighted by Gasteiger charge is -2.26. The van der Waals surface area contributed by atoms with Crippen molar-refractivity contribution >= 4 is 5.96 Å². The molecule has 1 rings (SSSR count). The van der Waals surface area contributed by atoms with Gasteiger partial charge < -0.3 is 10.6 Å². The lowest BCUT2D eigenvalue weighted by atomic mass is 9.81. The van der Waals surface area contributed by atoms with E-state index in [0.29, 0.717) is 6.54 Å². The summed E-state index contributed by atoms with van der Waals surface area (Å²) in [6.07, 6.45) is 12.0. The molecule has 3 heteroatoms. The van der Waals surface area contributed by atoms with Crippen molar-refractivity contribution in [2.24, 2.45) is 16.8 Å². The molecule has 0 aliphatic heterocycles. The second-order valence-electron chi connectivity index (χ2n) is 4.98. The van der Waals surface area contributed by atoms with Crippen LogP contribution in [0, 0.1) is 24.2 Å². The van der Waals surface area contributed by atoms with Gasteiger partial charge in [0.15, 0.2) is 5.96 Å². The minimum Gasteiger partial charge on any atom is -0.356 e. The molecule has 1 saturated carbocycles. The highest BCUT2D eigenvalue weighted by atomic mass is 15.2. The summed E-state index contributed by atoms with van der Waals surface area (Å²) in [7, 11) is 1.77. The van der Waals surface area contributed by atoms with E-state index < -0.39 is 0 Å². The van der Waals surface area contributed by atoms with Crippen molar-refractivity contribution in [3.05, 3.63) is 0 Å². The van der Waals surface area contributed by atoms with E-state index in [0.717, 1.165) is 24.3 Å². The van der Waals surface area contributed by atoms with E-state index in [-0.39, 0.29) is 0 Å². The fraction of sp³-hybridized carbons (Fsp3) is 0.786. The third-order valence-electron chi connectivity index (χ3n) is 3.47. The Morgan fingerprint density at radius 2 is 2.24 bits per heavy atom. The minimum atomic E-state index is 0.528. The maximum atomic E-state index is 5.20. The Bertz CT molecular complexity index is 278. The van der Waals surface area contributed by atoms with Crippen molar-refractivity contribution in [2.75, 3.05) is 20.1 Å². The predicted molar refractivity (Wildman–Crippen MR) is 73.9 cm³/mol. The molecule has 1 aliphatic carbocycles. The van der Waals surface area contributed by atoms with Crippen molar-refractivity contribution in [2.45, 2.75) is 39.0 Å². The van der Waals surface area contributed by atoms with Crippen LogP contribution in [-0.4, -0.2) is 26.1 Å². The number of hydrogen-bond acceptors (Lipinski definition) is 1. The van der Waals surface area contributed by atoms with E-state index in [1.807, 2.05) is 0 Å². The van der Waals surface area contributed by atoms with E-state index in [1.165, 1.54) is 32.1 Å². The van der Waals surface area contributed by atoms with Gasteiger partial charge in [-0.2, -0.15) is 0 Å². The van der Waals surface area contributed by atoms with Crippen LogP contribution in [0.5, 0.6) is 0 Å². The molecule has 2 unspecified atom stereocenters. The number of guanidine groups is 1. The molecule has 2 N–H and O–H groups in total. The molecule has 0 amide bonds. The highest BCUT2D eigenvalue weighted by Gasteiger charge is 2.18. The molecule has 96 valence electrons. The number of terminal acetylenes is 1. The van der Waals surface area contributed by atoms with Crippen molar-refractivity contribution in [3.8, 4) is 12.3 Å². The summed E-state index contributed by atoms with van der Waals surface area (Å²) in [5.41, 5.74) is 0. The Labute approximate surface area is 105 Å². The smallest absolute Gasteiger partial charge is 0.191 e. The topological polar surface area (TPSA) is 36.4 Å². The summed E-state index contributed by atoms with van der Waals surface area (Å²) in [6.45, 7) is 3.88. The Hall–Kier alpha value is -1.17. The maximum absolute atomic E-state index is 5.20. The molecule has 3 nitrogen and oxygen atoms in total. The lowest BCUT2D eigenvalue weighted by Crippen LogP contribution is -2.38. The molecule has 0 bridgehead atoms. The Morgan fingerprint density at radius 1 is 1.41 bits per heavy atom. The van der Waals surface area contributed by atoms with Crippen molar-refractivity contribution < 1.29 is 0 Å². The lowest BCUT2D eigenvalue weighted by molar-refractivity contribution is 0.270. The van der Waals surface area contributed by atoms with Gasteiger partial charge in [0.25, 0.3) is 0 Å². The summed E-state index contributed by atoms with van der Waals surface area (Å²) in [5, 5.41) is 6.38. The third-order valence-corrected chi connectivity index (χ3v) is 3.47. The molecule has 1 fully saturated rings. The monoisotopic (exact) mass is 235 g/mol. The quantitative estimate of drug-likeness (QED) is 0.444. The van der Waals surface area contributed by atoms with E-state index >= 15 is 0 Å². The van der Waals surface area contributed by atoms with Crippen LogP contribution >= 0.6 is 0 Å². The molecule has 0 saturated heterocycles. The summed E-state index contributed by atoms with van der Waals surface area (Å²) in [5.74, 6) is 5.15. The molecule has 0 spiro atoms. The van der Waals surface area contributed by atoms with Gasteiger partial charge in [0.1, 0.15) is 0 Å². The molecule has 0 aromatic carbocycles. The third kappa shape index (κ3) is 5.63. The van der Waals surface area contributed by atoms with Crippen molar-refractivity contribution in [1.82, 2.24) is 10.6 Å². The molecule has 1 aliphatic rings. The van der Waals surface area contributed by atoms with Gasteiger partial charge in [-0.3, -0.25) is 4.99 Å². The van der Waals surface area contributed by atoms with Crippen LogP contribution in [0.3, 0.4) is 0 Å². The van der Waals surface area contributed by atoms with Gasteiger partial charge in [-0.1, -0.05) is 32.1 Å². The fourth-order valence-electron chi connectivity index (χ4n) is 2.57. The predicted octanol–water partition coefficient (Wildman–Crippen LogP) is 2.00. The van der Waals surface area contributed by atoms with Crippen LogP contribution in [0.4, 0.5) is 0 Å². The number of rotatable bonds is 4. The van der Waals surface area contributed by atoms with Crippen LogP contribution in [0.15, 0.2) is 4.99 Å². The van der Waals surface area contributed by atoms with Gasteiger partial charge in [0, 0.05) is 13.6 Å². The van der Waals surface area contributed by atoms with Gasteiger partial charge in [-0.15, -0.1) is 6.42 Å². The zero-order valence-electron chi connectivity index (χ0n) is 11.1. The Balaban J connectivity index is 2.15. The summed E-state index contributed by atoms with van der Waals surface area (Å²) in [4.78, 5) is 4.12. The van der Waals surface area contributed by atoms with Gasteiger partial charge in [0.2, 0.25) is 0 Å². The van der Waals surface area contributed by atoms with Crippen LogP contribution in [-0.2, 0) is 0 Å². The van der Waals surface area contributed by atoms with E-state index in [2.05, 4.69) is 28.5 Å². The molecule has 0 radical (unpaired) electrons. The first-order valence-corrected chi connectivity index (χ1v) is 6.64. The first kappa shape index (κ1) is 13.9. The maximum Gasteiger partial charge on any atom is 0.191 e. The molecule has 0 heterocycles. The highest BCUT2D eigenvalue weighted by Crippen LogP contribution is 2.30. The molecule has 17 heavy (non-hydrogen) atoms. The number of aliphatic imine (C=N–C) groups is 1. The average Bonchev–Trinajstić information content (AvgIpc) is 2.33. The Morgan fingerprint density at radius 3 is 2.88 bits per heavy atom. The van der Waals surface area contributed by atoms with E-state index in [9.17, 15) is 0 Å². The average molecular weight is 235 g/mol. The molecule has 0 aromatic rings. The van der Waals surface area contributed by atoms with Crippen LogP contribution in [0.25, 0.3) is 0 Å². The van der Waals surface area contributed by atoms with Gasteiger partial charge in [0.05, 0.1) is 6.54 Å². The van der Waals surface area contributed by atoms with Crippen LogP contribution in [0.1, 0.15) is 39.0 Å². The number of nitrogens with zero attached hydrogens (tertiary/aromatic N) is 1. The van der Waals surface area contributed by atoms with E-state index in [4.69, 9.17) is 6.42 Å². The molecule has 2 atom stereocenters. The normalized spacial score (nSPS) is 25.1. The zero-order valence-corrected chi connectivity index (χ0v) is 11.1. The number of nitrogens with one attached hydrogen (secondary N) is 2. The molecular weight excluding hydrogens is 210 g/mol. The van der Waals surface area contributed by atoms with Gasteiger partial charge in [-0.25, -0.2) is 0 Å². The minimum absolute atomic E-state index is 0.528. The van der Waals surface area contributed by atoms with Crippen LogP contribution < -0.4 is 10.6 Å². The summed E-state index contributed by atoms with van der Waals surface area (Å²) >= 11 is 0. The first-order valence-electron chi connectivity index (χ1n) is 6.64. The zero-order chi connectivity index (χ0) is 12.5. The van der Waals surface area contributed by atoms with Crippen molar-refractivity contribution in [3.63, 3.8) is 0 Å². The number of hydrogen-bond donors (Lipinski definition) is 2. The SMILES string of the molecule is C#CCNC(=NC)NCCC1CCCC(C)C1.